The van der Waals surface area contributed by atoms with Gasteiger partial charge in [-0.3, -0.25) is 9.55 Å². The minimum Gasteiger partial charge on any atom is -0.378 e. The number of anilines is 1. The van der Waals surface area contributed by atoms with E-state index in [1.54, 1.807) is 6.21 Å². The Morgan fingerprint density at radius 2 is 1.57 bits per heavy atom. The number of hydrogen-bond donors (Lipinski definition) is 1. The lowest BCUT2D eigenvalue weighted by Crippen LogP contribution is -2.08. The van der Waals surface area contributed by atoms with E-state index in [1.165, 1.54) is 24.3 Å². The molecular weight excluding hydrogens is 288 g/mol. The molecule has 0 aliphatic heterocycles. The lowest BCUT2D eigenvalue weighted by Gasteiger charge is -2.11. The van der Waals surface area contributed by atoms with Gasteiger partial charge in [0, 0.05) is 26.0 Å². The average Bonchev–Trinajstić information content (AvgIpc) is 2.45. The third-order valence-corrected chi connectivity index (χ3v) is 3.77. The molecule has 0 atom stereocenters. The zero-order valence-corrected chi connectivity index (χ0v) is 12.6. The van der Waals surface area contributed by atoms with Gasteiger partial charge >= 0.3 is 0 Å². The van der Waals surface area contributed by atoms with Crippen LogP contribution in [0.15, 0.2) is 58.4 Å². The maximum absolute atomic E-state index is 10.9. The van der Waals surface area contributed by atoms with Crippen molar-refractivity contribution >= 4 is 27.7 Å². The normalized spacial score (nSPS) is 11.8. The molecule has 0 aromatic heterocycles. The lowest BCUT2D eigenvalue weighted by molar-refractivity contribution is 0.483. The molecule has 21 heavy (non-hydrogen) atoms. The van der Waals surface area contributed by atoms with Crippen LogP contribution < -0.4 is 4.90 Å². The SMILES string of the molecule is CN(C)c1ccc(C=Nc2ccc(S(=O)(=O)O)cc2)cc1. The molecule has 5 nitrogen and oxygen atoms in total. The quantitative estimate of drug-likeness (QED) is 0.696. The first-order valence-electron chi connectivity index (χ1n) is 6.25. The van der Waals surface area contributed by atoms with Gasteiger partial charge in [-0.2, -0.15) is 8.42 Å². The molecule has 0 radical (unpaired) electrons. The Hall–Kier alpha value is -2.18. The van der Waals surface area contributed by atoms with E-state index in [-0.39, 0.29) is 4.90 Å². The van der Waals surface area contributed by atoms with Gasteiger partial charge in [-0.05, 0) is 42.0 Å². The second-order valence-corrected chi connectivity index (χ2v) is 6.13. The van der Waals surface area contributed by atoms with Crippen LogP contribution in [-0.4, -0.2) is 33.3 Å². The van der Waals surface area contributed by atoms with Gasteiger partial charge in [0.15, 0.2) is 0 Å². The summed E-state index contributed by atoms with van der Waals surface area (Å²) in [4.78, 5) is 6.13. The highest BCUT2D eigenvalue weighted by atomic mass is 32.2. The van der Waals surface area contributed by atoms with Crippen LogP contribution in [0.5, 0.6) is 0 Å². The third-order valence-electron chi connectivity index (χ3n) is 2.91. The molecule has 110 valence electrons. The summed E-state index contributed by atoms with van der Waals surface area (Å²) in [6.45, 7) is 0. The van der Waals surface area contributed by atoms with Gasteiger partial charge in [0.2, 0.25) is 0 Å². The summed E-state index contributed by atoms with van der Waals surface area (Å²) in [6, 6.07) is 13.6. The first-order valence-corrected chi connectivity index (χ1v) is 7.69. The van der Waals surface area contributed by atoms with Gasteiger partial charge in [0.05, 0.1) is 10.6 Å². The van der Waals surface area contributed by atoms with E-state index in [2.05, 4.69) is 4.99 Å². The summed E-state index contributed by atoms with van der Waals surface area (Å²) in [7, 11) is -0.212. The summed E-state index contributed by atoms with van der Waals surface area (Å²) in [5.74, 6) is 0. The van der Waals surface area contributed by atoms with Crippen molar-refractivity contribution in [1.82, 2.24) is 0 Å². The van der Waals surface area contributed by atoms with E-state index < -0.39 is 10.1 Å². The molecule has 0 unspecified atom stereocenters. The summed E-state index contributed by atoms with van der Waals surface area (Å²) in [5.41, 5.74) is 2.66. The van der Waals surface area contributed by atoms with E-state index >= 15 is 0 Å². The highest BCUT2D eigenvalue weighted by Crippen LogP contribution is 2.17. The van der Waals surface area contributed by atoms with Gasteiger partial charge in [-0.1, -0.05) is 12.1 Å². The number of aliphatic imine (C=N–C) groups is 1. The highest BCUT2D eigenvalue weighted by Gasteiger charge is 2.07. The predicted molar refractivity (Wildman–Crippen MR) is 84.3 cm³/mol. The van der Waals surface area contributed by atoms with Gasteiger partial charge in [0.1, 0.15) is 0 Å². The summed E-state index contributed by atoms with van der Waals surface area (Å²) < 4.78 is 30.7. The largest absolute Gasteiger partial charge is 0.378 e. The van der Waals surface area contributed by atoms with Crippen molar-refractivity contribution in [2.75, 3.05) is 19.0 Å². The van der Waals surface area contributed by atoms with Crippen LogP contribution in [-0.2, 0) is 10.1 Å². The summed E-state index contributed by atoms with van der Waals surface area (Å²) in [5, 5.41) is 0. The molecule has 2 aromatic rings. The second kappa shape index (κ2) is 6.07. The van der Waals surface area contributed by atoms with Crippen molar-refractivity contribution in [3.05, 3.63) is 54.1 Å². The topological polar surface area (TPSA) is 70.0 Å². The maximum atomic E-state index is 10.9. The molecule has 0 bridgehead atoms. The fraction of sp³-hybridized carbons (Fsp3) is 0.133. The molecule has 6 heteroatoms. The lowest BCUT2D eigenvalue weighted by atomic mass is 10.2. The van der Waals surface area contributed by atoms with Crippen LogP contribution in [0.3, 0.4) is 0 Å². The van der Waals surface area contributed by atoms with E-state index in [9.17, 15) is 8.42 Å². The molecular formula is C15H16N2O3S. The average molecular weight is 304 g/mol. The molecule has 0 aliphatic rings. The molecule has 0 saturated carbocycles. The monoisotopic (exact) mass is 304 g/mol. The van der Waals surface area contributed by atoms with Crippen molar-refractivity contribution in [2.45, 2.75) is 4.90 Å². The van der Waals surface area contributed by atoms with Crippen molar-refractivity contribution in [3.8, 4) is 0 Å². The van der Waals surface area contributed by atoms with Crippen molar-refractivity contribution < 1.29 is 13.0 Å². The number of nitrogens with zero attached hydrogens (tertiary/aromatic N) is 2. The van der Waals surface area contributed by atoms with Crippen LogP contribution in [0.25, 0.3) is 0 Å². The standard InChI is InChI=1S/C15H16N2O3S/c1-17(2)14-7-3-12(4-8-14)11-16-13-5-9-15(10-6-13)21(18,19)20/h3-11H,1-2H3,(H,18,19,20). The van der Waals surface area contributed by atoms with Gasteiger partial charge in [-0.15, -0.1) is 0 Å². The van der Waals surface area contributed by atoms with Crippen molar-refractivity contribution in [1.29, 1.82) is 0 Å². The van der Waals surface area contributed by atoms with Crippen LogP contribution >= 0.6 is 0 Å². The summed E-state index contributed by atoms with van der Waals surface area (Å²) >= 11 is 0. The first kappa shape index (κ1) is 15.2. The van der Waals surface area contributed by atoms with Gasteiger partial charge in [-0.25, -0.2) is 0 Å². The molecule has 0 spiro atoms. The van der Waals surface area contributed by atoms with Crippen LogP contribution in [0.4, 0.5) is 11.4 Å². The number of rotatable bonds is 4. The molecule has 0 fully saturated rings. The number of hydrogen-bond acceptors (Lipinski definition) is 4. The smallest absolute Gasteiger partial charge is 0.294 e. The maximum Gasteiger partial charge on any atom is 0.294 e. The van der Waals surface area contributed by atoms with Crippen LogP contribution in [0.1, 0.15) is 5.56 Å². The van der Waals surface area contributed by atoms with Gasteiger partial charge < -0.3 is 4.90 Å². The fourth-order valence-corrected chi connectivity index (χ4v) is 2.19. The Balaban J connectivity index is 2.14. The minimum atomic E-state index is -4.16. The molecule has 2 aromatic carbocycles. The summed E-state index contributed by atoms with van der Waals surface area (Å²) in [6.07, 6.45) is 1.70. The Morgan fingerprint density at radius 1 is 1.00 bits per heavy atom. The molecule has 0 heterocycles. The van der Waals surface area contributed by atoms with E-state index in [0.29, 0.717) is 5.69 Å². The van der Waals surface area contributed by atoms with E-state index in [0.717, 1.165) is 11.3 Å². The molecule has 0 aliphatic carbocycles. The zero-order chi connectivity index (χ0) is 15.5. The Kier molecular flexibility index (Phi) is 4.40. The Labute approximate surface area is 124 Å². The minimum absolute atomic E-state index is 0.142. The number of benzene rings is 2. The van der Waals surface area contributed by atoms with Crippen molar-refractivity contribution in [3.63, 3.8) is 0 Å². The van der Waals surface area contributed by atoms with Crippen LogP contribution in [0.2, 0.25) is 0 Å². The second-order valence-electron chi connectivity index (χ2n) is 4.71. The van der Waals surface area contributed by atoms with Gasteiger partial charge in [0.25, 0.3) is 10.1 Å². The molecule has 1 N–H and O–H groups in total. The first-order chi connectivity index (χ1) is 9.86. The predicted octanol–water partition coefficient (Wildman–Crippen LogP) is 2.75. The Bertz CT molecular complexity index is 733. The fourth-order valence-electron chi connectivity index (χ4n) is 1.71. The molecule has 0 amide bonds. The molecule has 2 rings (SSSR count). The third kappa shape index (κ3) is 4.14. The van der Waals surface area contributed by atoms with E-state index in [1.807, 2.05) is 43.3 Å². The highest BCUT2D eigenvalue weighted by molar-refractivity contribution is 7.85. The van der Waals surface area contributed by atoms with Crippen LogP contribution in [0, 0.1) is 0 Å². The Morgan fingerprint density at radius 3 is 2.05 bits per heavy atom. The van der Waals surface area contributed by atoms with Crippen molar-refractivity contribution in [2.24, 2.45) is 4.99 Å². The molecule has 0 saturated heterocycles. The van der Waals surface area contributed by atoms with E-state index in [4.69, 9.17) is 4.55 Å². The zero-order valence-electron chi connectivity index (χ0n) is 11.8.